The van der Waals surface area contributed by atoms with Crippen molar-refractivity contribution in [3.05, 3.63) is 29.6 Å². The van der Waals surface area contributed by atoms with Gasteiger partial charge in [0.1, 0.15) is 0 Å². The van der Waals surface area contributed by atoms with E-state index in [1.807, 2.05) is 0 Å². The van der Waals surface area contributed by atoms with E-state index in [-0.39, 0.29) is 42.3 Å². The lowest BCUT2D eigenvalue weighted by Gasteiger charge is -2.08. The number of unbranched alkanes of at least 4 members (excludes halogenated alkanes) is 1. The number of hydrogen-bond donors (Lipinski definition) is 2. The molecule has 10 nitrogen and oxygen atoms in total. The van der Waals surface area contributed by atoms with Gasteiger partial charge in [0.2, 0.25) is 0 Å². The number of aromatic hydroxyl groups is 1. The van der Waals surface area contributed by atoms with Crippen LogP contribution in [0.5, 0.6) is 12.0 Å². The summed E-state index contributed by atoms with van der Waals surface area (Å²) in [5, 5.41) is 10.3. The molecule has 0 aliphatic heterocycles. The number of rotatable bonds is 8. The van der Waals surface area contributed by atoms with Gasteiger partial charge in [-0.1, -0.05) is 13.3 Å². The first-order valence-corrected chi connectivity index (χ1v) is 8.88. The number of methoxy groups -OCH3 is 1. The molecule has 3 aromatic rings. The van der Waals surface area contributed by atoms with E-state index < -0.39 is 0 Å². The van der Waals surface area contributed by atoms with Crippen molar-refractivity contribution in [3.8, 4) is 12.0 Å². The van der Waals surface area contributed by atoms with Crippen LogP contribution in [0, 0.1) is 0 Å². The van der Waals surface area contributed by atoms with Gasteiger partial charge in [-0.25, -0.2) is 0 Å². The van der Waals surface area contributed by atoms with Crippen LogP contribution in [0.15, 0.2) is 18.3 Å². The van der Waals surface area contributed by atoms with Gasteiger partial charge in [-0.15, -0.1) is 0 Å². The minimum absolute atomic E-state index is 0.123. The predicted octanol–water partition coefficient (Wildman–Crippen LogP) is 1.45. The zero-order chi connectivity index (χ0) is 20.1. The topological polar surface area (TPSA) is 138 Å². The third-order valence-electron chi connectivity index (χ3n) is 4.09. The second-order valence-corrected chi connectivity index (χ2v) is 6.17. The highest BCUT2D eigenvalue weighted by molar-refractivity contribution is 5.83. The molecule has 0 bridgehead atoms. The number of ether oxygens (including phenoxy) is 2. The molecule has 3 N–H and O–H groups in total. The molecule has 0 atom stereocenters. The van der Waals surface area contributed by atoms with Gasteiger partial charge < -0.3 is 20.3 Å². The summed E-state index contributed by atoms with van der Waals surface area (Å²) in [7, 11) is 1.34. The van der Waals surface area contributed by atoms with Gasteiger partial charge in [-0.2, -0.15) is 15.0 Å². The summed E-state index contributed by atoms with van der Waals surface area (Å²) in [6.07, 6.45) is 3.56. The van der Waals surface area contributed by atoms with Crippen LogP contribution in [0.25, 0.3) is 11.2 Å². The number of anilines is 1. The smallest absolute Gasteiger partial charge is 0.320 e. The van der Waals surface area contributed by atoms with E-state index >= 15 is 0 Å². The first kappa shape index (κ1) is 19.3. The average molecular weight is 386 g/mol. The zero-order valence-corrected chi connectivity index (χ0v) is 15.8. The molecule has 0 spiro atoms. The Balaban J connectivity index is 1.91. The third-order valence-corrected chi connectivity index (χ3v) is 4.09. The van der Waals surface area contributed by atoms with Crippen molar-refractivity contribution in [2.45, 2.75) is 32.7 Å². The number of nitrogens with zero attached hydrogens (tertiary/aromatic N) is 5. The lowest BCUT2D eigenvalue weighted by atomic mass is 10.1. The predicted molar refractivity (Wildman–Crippen MR) is 101 cm³/mol. The molecule has 0 saturated carbocycles. The fraction of sp³-hybridized carbons (Fsp3) is 0.389. The molecule has 0 radical (unpaired) electrons. The van der Waals surface area contributed by atoms with Crippen LogP contribution in [0.4, 0.5) is 5.82 Å². The van der Waals surface area contributed by atoms with E-state index in [9.17, 15) is 9.90 Å². The summed E-state index contributed by atoms with van der Waals surface area (Å²) >= 11 is 0. The lowest BCUT2D eigenvalue weighted by Crippen LogP contribution is -2.08. The van der Waals surface area contributed by atoms with E-state index in [0.717, 1.165) is 18.4 Å². The first-order chi connectivity index (χ1) is 13.5. The number of carbonyl (C=O) groups excluding carboxylic acids is 1. The molecule has 0 unspecified atom stereocenters. The SMILES string of the molecule is CCCCOc1nc(N)c2nc(O)n(Cc3cc(CC(=O)OC)ccn3)c2n1. The van der Waals surface area contributed by atoms with Gasteiger partial charge in [0.15, 0.2) is 17.0 Å². The molecule has 10 heteroatoms. The van der Waals surface area contributed by atoms with Crippen molar-refractivity contribution < 1.29 is 19.4 Å². The highest BCUT2D eigenvalue weighted by atomic mass is 16.5. The Kier molecular flexibility index (Phi) is 5.87. The van der Waals surface area contributed by atoms with Gasteiger partial charge in [0.25, 0.3) is 6.01 Å². The van der Waals surface area contributed by atoms with Crippen molar-refractivity contribution in [2.24, 2.45) is 0 Å². The fourth-order valence-corrected chi connectivity index (χ4v) is 2.63. The summed E-state index contributed by atoms with van der Waals surface area (Å²) in [4.78, 5) is 28.2. The second-order valence-electron chi connectivity index (χ2n) is 6.17. The van der Waals surface area contributed by atoms with Crippen molar-refractivity contribution in [3.63, 3.8) is 0 Å². The maximum atomic E-state index is 11.5. The van der Waals surface area contributed by atoms with E-state index in [4.69, 9.17) is 10.5 Å². The Labute approximate surface area is 161 Å². The van der Waals surface area contributed by atoms with Crippen LogP contribution in [-0.2, 0) is 22.5 Å². The Bertz CT molecular complexity index is 988. The molecular weight excluding hydrogens is 364 g/mol. The molecule has 0 amide bonds. The molecule has 3 aromatic heterocycles. The standard InChI is InChI=1S/C18H22N6O4/c1-3-4-7-28-17-22-15(19)14-16(23-17)24(18(26)21-14)10-12-8-11(5-6-20-12)9-13(25)27-2/h5-6,8H,3-4,7,9-10H2,1-2H3,(H,21,26)(H2,19,22,23). The molecule has 0 fully saturated rings. The highest BCUT2D eigenvalue weighted by Gasteiger charge is 2.18. The molecule has 28 heavy (non-hydrogen) atoms. The second kappa shape index (κ2) is 8.51. The Hall–Kier alpha value is -3.43. The largest absolute Gasteiger partial charge is 0.480 e. The number of nitrogens with two attached hydrogens (primary N) is 1. The number of imidazole rings is 1. The molecule has 0 aliphatic carbocycles. The van der Waals surface area contributed by atoms with E-state index in [0.29, 0.717) is 17.9 Å². The van der Waals surface area contributed by atoms with Crippen molar-refractivity contribution in [1.82, 2.24) is 24.5 Å². The fourth-order valence-electron chi connectivity index (χ4n) is 2.63. The van der Waals surface area contributed by atoms with Crippen LogP contribution in [0.1, 0.15) is 31.0 Å². The minimum atomic E-state index is -0.345. The maximum Gasteiger partial charge on any atom is 0.320 e. The Morgan fingerprint density at radius 2 is 2.14 bits per heavy atom. The lowest BCUT2D eigenvalue weighted by molar-refractivity contribution is -0.139. The molecular formula is C18H22N6O4. The average Bonchev–Trinajstić information content (AvgIpc) is 2.98. The van der Waals surface area contributed by atoms with Crippen molar-refractivity contribution >= 4 is 23.0 Å². The van der Waals surface area contributed by atoms with Crippen LogP contribution < -0.4 is 10.5 Å². The summed E-state index contributed by atoms with van der Waals surface area (Å²) in [6, 6.07) is 3.35. The summed E-state index contributed by atoms with van der Waals surface area (Å²) < 4.78 is 11.7. The van der Waals surface area contributed by atoms with E-state index in [2.05, 4.69) is 31.6 Å². The van der Waals surface area contributed by atoms with Crippen LogP contribution in [0.3, 0.4) is 0 Å². The zero-order valence-electron chi connectivity index (χ0n) is 15.8. The minimum Gasteiger partial charge on any atom is -0.480 e. The number of pyridine rings is 1. The van der Waals surface area contributed by atoms with Gasteiger partial charge in [0, 0.05) is 6.20 Å². The summed E-state index contributed by atoms with van der Waals surface area (Å²) in [6.45, 7) is 2.71. The number of hydrogen-bond acceptors (Lipinski definition) is 9. The summed E-state index contributed by atoms with van der Waals surface area (Å²) in [5.74, 6) is -0.222. The maximum absolute atomic E-state index is 11.5. The van der Waals surface area contributed by atoms with Crippen LogP contribution in [0.2, 0.25) is 0 Å². The van der Waals surface area contributed by atoms with Crippen molar-refractivity contribution in [2.75, 3.05) is 19.5 Å². The number of aromatic nitrogens is 5. The quantitative estimate of drug-likeness (QED) is 0.435. The number of esters is 1. The van der Waals surface area contributed by atoms with Gasteiger partial charge >= 0.3 is 12.0 Å². The van der Waals surface area contributed by atoms with Gasteiger partial charge in [-0.05, 0) is 24.1 Å². The molecule has 0 saturated heterocycles. The molecule has 3 heterocycles. The Morgan fingerprint density at radius 3 is 2.89 bits per heavy atom. The first-order valence-electron chi connectivity index (χ1n) is 8.88. The number of carbonyl (C=O) groups is 1. The third kappa shape index (κ3) is 4.27. The van der Waals surface area contributed by atoms with Crippen molar-refractivity contribution in [1.29, 1.82) is 0 Å². The molecule has 148 valence electrons. The van der Waals surface area contributed by atoms with E-state index in [1.54, 1.807) is 18.3 Å². The molecule has 3 rings (SSSR count). The Morgan fingerprint density at radius 1 is 1.32 bits per heavy atom. The number of fused-ring (bicyclic) bond motifs is 1. The highest BCUT2D eigenvalue weighted by Crippen LogP contribution is 2.25. The molecule has 0 aliphatic rings. The van der Waals surface area contributed by atoms with Crippen LogP contribution in [-0.4, -0.2) is 49.3 Å². The number of nitrogen functional groups attached to an aromatic ring is 1. The normalized spacial score (nSPS) is 10.9. The monoisotopic (exact) mass is 386 g/mol. The van der Waals surface area contributed by atoms with Crippen LogP contribution >= 0.6 is 0 Å². The van der Waals surface area contributed by atoms with E-state index in [1.165, 1.54) is 11.7 Å². The van der Waals surface area contributed by atoms with Gasteiger partial charge in [-0.3, -0.25) is 14.3 Å². The summed E-state index contributed by atoms with van der Waals surface area (Å²) in [5.41, 5.74) is 7.93. The molecule has 0 aromatic carbocycles. The van der Waals surface area contributed by atoms with Gasteiger partial charge in [0.05, 0.1) is 32.4 Å².